The van der Waals surface area contributed by atoms with E-state index in [4.69, 9.17) is 54.4 Å². The number of hydrogen-bond acceptors (Lipinski definition) is 24. The van der Waals surface area contributed by atoms with Gasteiger partial charge in [0.05, 0.1) is 44.7 Å². The van der Waals surface area contributed by atoms with E-state index >= 15 is 0 Å². The first-order valence-electron chi connectivity index (χ1n) is 40.8. The average Bonchev–Trinajstić information content (AvgIpc) is 1.57. The number of aryl methyl sites for hydroxylation is 2. The number of benzene rings is 3. The third kappa shape index (κ3) is 27.7. The van der Waals surface area contributed by atoms with Gasteiger partial charge in [-0.1, -0.05) is 68.2 Å². The number of likely N-dealkylation sites (tertiary alicyclic amines) is 2. The molecule has 2 aromatic heterocycles. The van der Waals surface area contributed by atoms with Crippen LogP contribution in [0.1, 0.15) is 205 Å². The number of ether oxygens (including phenoxy) is 4. The maximum absolute atomic E-state index is 14.4. The zero-order valence-corrected chi connectivity index (χ0v) is 77.6. The number of carbonyl (C=O) groups is 13. The number of fused-ring (bicyclic) bond motifs is 3. The summed E-state index contributed by atoms with van der Waals surface area (Å²) in [5.74, 6) is -5.56. The summed E-state index contributed by atoms with van der Waals surface area (Å²) in [5, 5.41) is 36.9. The average molecular weight is 1880 g/mol. The van der Waals surface area contributed by atoms with Crippen molar-refractivity contribution in [3.05, 3.63) is 93.3 Å². The molecule has 2 saturated carbocycles. The number of urea groups is 2. The van der Waals surface area contributed by atoms with Crippen LogP contribution in [-0.4, -0.2) is 212 Å². The number of methoxy groups -OCH3 is 2. The summed E-state index contributed by atoms with van der Waals surface area (Å²) in [4.78, 5) is 180. The largest absolute Gasteiger partial charge is 0.497 e. The summed E-state index contributed by atoms with van der Waals surface area (Å²) in [6.07, 6.45) is 2.60. The summed E-state index contributed by atoms with van der Waals surface area (Å²) in [6, 6.07) is 13.8. The third-order valence-corrected chi connectivity index (χ3v) is 27.6. The van der Waals surface area contributed by atoms with E-state index in [-0.39, 0.29) is 60.3 Å². The van der Waals surface area contributed by atoms with Gasteiger partial charge in [0.2, 0.25) is 41.2 Å². The second kappa shape index (κ2) is 42.0. The van der Waals surface area contributed by atoms with Crippen molar-refractivity contribution in [1.29, 1.82) is 0 Å². The van der Waals surface area contributed by atoms with Crippen molar-refractivity contribution >= 4 is 141 Å². The van der Waals surface area contributed by atoms with Crippen molar-refractivity contribution in [3.8, 4) is 23.3 Å². The number of amides is 10. The van der Waals surface area contributed by atoms with Crippen LogP contribution < -0.4 is 61.5 Å². The van der Waals surface area contributed by atoms with Gasteiger partial charge in [-0.2, -0.15) is 0 Å². The van der Waals surface area contributed by atoms with Gasteiger partial charge in [-0.3, -0.25) is 33.6 Å². The van der Waals surface area contributed by atoms with Crippen LogP contribution in [0.4, 0.5) is 9.59 Å². The Morgan fingerprint density at radius 1 is 0.577 bits per heavy atom. The van der Waals surface area contributed by atoms with Gasteiger partial charge in [-0.15, -0.1) is 23.2 Å². The molecule has 5 aromatic rings. The first-order chi connectivity index (χ1) is 57.4. The summed E-state index contributed by atoms with van der Waals surface area (Å²) in [6.45, 7) is 32.6. The standard InChI is InChI=1S/C36H54N6O7.C36H52N6O7.C13H13IO8.CH2Cl2.H2/c2*1-10-11-26(28(43)31(45)38-22-12-13-22)39-30(44)27-18-24(49-32-25-15-14-23(48-9)17-21(25)16-20(2)37-32)19-42(27)33(46)29(35(3,4)5)40-34(47)41-36(6,7)8;1-8(15)19-14(20-9(2)16,21-10(3)17)12-7-5-4-6-11(12)13(18)22-14;2-1-3;/h14-17,22,24,26-29,43H,10-13,18-19H2,1-9H3,(H,38,45)(H,39,44)(H2,40,41,47);14-17,22,24,26-27,29H,10-13,18-19H2,1-9H3,(H,38,45)(H,39,44)(H2,40,41,47);4-7H,1-3H3;1H2;1H/t24-,26+,27+,28?,29-;24-,26+,27+,29-;;;/m11.../s1/i;;;;1+1. The maximum atomic E-state index is 14.4. The molecule has 123 heavy (non-hydrogen) atoms. The molecule has 4 fully saturated rings. The molecule has 34 nitrogen and oxygen atoms in total. The summed E-state index contributed by atoms with van der Waals surface area (Å²) < 4.78 is 44.2. The van der Waals surface area contributed by atoms with Crippen LogP contribution in [-0.2, 0) is 60.2 Å². The molecule has 10 amide bonds. The van der Waals surface area contributed by atoms with Crippen LogP contribution in [0, 0.1) is 28.2 Å². The van der Waals surface area contributed by atoms with Crippen LogP contribution in [0.2, 0.25) is 0 Å². The van der Waals surface area contributed by atoms with Gasteiger partial charge in [0.25, 0.3) is 11.8 Å². The number of aliphatic hydroxyl groups excluding tert-OH is 1. The number of ketones is 1. The minimum atomic E-state index is -6.03. The number of rotatable bonds is 27. The van der Waals surface area contributed by atoms with Crippen LogP contribution in [0.25, 0.3) is 21.5 Å². The number of aromatic nitrogens is 2. The fraction of sp³-hybridized carbons (Fsp3) is 0.570. The van der Waals surface area contributed by atoms with Crippen molar-refractivity contribution in [1.82, 2.24) is 62.3 Å². The number of Topliss-reactive ketones (excluding diaryl/α,β-unsaturated/α-hetero) is 1. The van der Waals surface area contributed by atoms with Gasteiger partial charge >= 0.3 is 140 Å². The molecule has 1 unspecified atom stereocenters. The van der Waals surface area contributed by atoms with E-state index in [0.717, 1.165) is 73.7 Å². The fourth-order valence-corrected chi connectivity index (χ4v) is 21.5. The Morgan fingerprint density at radius 3 is 1.37 bits per heavy atom. The van der Waals surface area contributed by atoms with E-state index in [1.54, 1.807) is 26.4 Å². The maximum Gasteiger partial charge on any atom is 0.315 e. The molecule has 3 aliphatic heterocycles. The molecule has 9 N–H and O–H groups in total. The zero-order valence-electron chi connectivity index (χ0n) is 73.9. The van der Waals surface area contributed by atoms with Gasteiger partial charge in [-0.25, -0.2) is 19.6 Å². The van der Waals surface area contributed by atoms with Crippen molar-refractivity contribution in [2.45, 2.75) is 273 Å². The van der Waals surface area contributed by atoms with Crippen molar-refractivity contribution < 1.29 is 100 Å². The Hall–Kier alpha value is -10.1. The number of pyridine rings is 2. The molecule has 9 atom stereocenters. The number of hydrogen-bond donors (Lipinski definition) is 9. The Kier molecular flexibility index (Phi) is 34.2. The predicted octanol–water partition coefficient (Wildman–Crippen LogP) is 10.5. The topological polar surface area (TPSA) is 444 Å². The van der Waals surface area contributed by atoms with Gasteiger partial charge in [0.1, 0.15) is 47.9 Å². The monoisotopic (exact) mass is 1870 g/mol. The van der Waals surface area contributed by atoms with E-state index in [9.17, 15) is 67.4 Å². The molecule has 3 aromatic carbocycles. The molecular formula is C86H123Cl2IN12O22. The minimum Gasteiger partial charge on any atom is -0.497 e. The number of carbonyl (C=O) groups excluding carboxylic acids is 13. The van der Waals surface area contributed by atoms with E-state index < -0.39 is 172 Å². The van der Waals surface area contributed by atoms with Crippen LogP contribution in [0.15, 0.2) is 72.8 Å². The first-order valence-corrected chi connectivity index (χ1v) is 46.5. The molecule has 37 heteroatoms. The van der Waals surface area contributed by atoms with E-state index in [2.05, 4.69) is 52.5 Å². The van der Waals surface area contributed by atoms with Crippen LogP contribution in [0.5, 0.6) is 23.3 Å². The summed E-state index contributed by atoms with van der Waals surface area (Å²) in [5.41, 5.74) is -1.10. The SMILES string of the molecule is CC(=O)OI1(OC(C)=O)(OC(C)=O)OC(=O)c2ccccc21.CCC[C@H](NC(=O)[C@@H]1C[C@@H](Oc2nc(C)cc3cc(OC)ccc23)CN1C(=O)[C@@H](NC(=O)NC(C)(C)C)C(C)(C)C)C(=O)C(=O)NC1CC1.CCC[C@H](NC(=O)[C@@H]1C[C@@H](Oc2nc(C)cc3cc(OC)ccc23)CN1C(=O)[C@@H](NC(=O)NC(C)(C)C)C(C)(C)C)C(O)C(=O)NC1CC1.ClCCl.[2HH]. The molecule has 680 valence electrons. The summed E-state index contributed by atoms with van der Waals surface area (Å²) in [7, 11) is 3.19. The molecule has 2 saturated heterocycles. The molecule has 2 aliphatic carbocycles. The number of alkyl halides is 2. The Morgan fingerprint density at radius 2 is 0.984 bits per heavy atom. The van der Waals surface area contributed by atoms with Gasteiger partial charge in [0.15, 0.2) is 6.10 Å². The Balaban J connectivity index is 0.000000300. The van der Waals surface area contributed by atoms with E-state index in [1.807, 2.05) is 153 Å². The third-order valence-electron chi connectivity index (χ3n) is 19.5. The molecule has 5 heterocycles. The minimum absolute atomic E-state index is 0. The molecule has 5 aliphatic rings. The molecule has 10 rings (SSSR count). The van der Waals surface area contributed by atoms with Crippen molar-refractivity contribution in [2.24, 2.45) is 10.8 Å². The normalized spacial score (nSPS) is 19.0. The number of aliphatic hydroxyl groups is 1. The van der Waals surface area contributed by atoms with E-state index in [1.165, 1.54) is 28.0 Å². The first kappa shape index (κ1) is 100.0. The zero-order chi connectivity index (χ0) is 91.8. The second-order valence-corrected chi connectivity index (χ2v) is 42.7. The number of nitrogens with zero attached hydrogens (tertiary/aromatic N) is 4. The quantitative estimate of drug-likeness (QED) is 0.0134. The molecule has 0 spiro atoms. The number of nitrogens with one attached hydrogen (secondary N) is 8. The Labute approximate surface area is 732 Å². The molecule has 0 radical (unpaired) electrons. The van der Waals surface area contributed by atoms with Crippen LogP contribution >= 0.6 is 41.9 Å². The van der Waals surface area contributed by atoms with E-state index in [0.29, 0.717) is 48.2 Å². The smallest absolute Gasteiger partial charge is 0.315 e. The van der Waals surface area contributed by atoms with Crippen molar-refractivity contribution in [3.63, 3.8) is 0 Å². The van der Waals surface area contributed by atoms with Crippen molar-refractivity contribution in [2.75, 3.05) is 32.6 Å². The van der Waals surface area contributed by atoms with Gasteiger partial charge in [0, 0.05) is 59.6 Å². The summed E-state index contributed by atoms with van der Waals surface area (Å²) >= 11 is 3.50. The van der Waals surface area contributed by atoms with Crippen LogP contribution in [0.3, 0.4) is 0 Å². The van der Waals surface area contributed by atoms with Gasteiger partial charge < -0.3 is 76.4 Å². The Bertz CT molecular complexity index is 4690. The second-order valence-electron chi connectivity index (χ2n) is 35.0. The fourth-order valence-electron chi connectivity index (χ4n) is 13.8. The molecule has 0 bridgehead atoms. The molecular weight excluding hydrogens is 1750 g/mol. The van der Waals surface area contributed by atoms with Gasteiger partial charge in [-0.05, 0) is 164 Å². The predicted molar refractivity (Wildman–Crippen MR) is 470 cm³/mol. The number of halogens is 3.